The number of methoxy groups -OCH3 is 1. The van der Waals surface area contributed by atoms with Crippen molar-refractivity contribution in [1.82, 2.24) is 9.38 Å². The van der Waals surface area contributed by atoms with Crippen molar-refractivity contribution in [3.8, 4) is 17.0 Å². The van der Waals surface area contributed by atoms with Gasteiger partial charge in [-0.25, -0.2) is 9.37 Å². The van der Waals surface area contributed by atoms with Crippen LogP contribution < -0.4 is 4.74 Å². The Bertz CT molecular complexity index is 1070. The van der Waals surface area contributed by atoms with Crippen LogP contribution in [0.4, 0.5) is 4.39 Å². The summed E-state index contributed by atoms with van der Waals surface area (Å²) in [5.41, 5.74) is 4.46. The number of para-hydroxylation sites is 1. The van der Waals surface area contributed by atoms with Crippen molar-refractivity contribution >= 4 is 17.2 Å². The number of aromatic nitrogens is 2. The lowest BCUT2D eigenvalue weighted by atomic mass is 10.0. The van der Waals surface area contributed by atoms with Crippen LogP contribution in [-0.2, 0) is 6.42 Å². The largest absolute Gasteiger partial charge is 0.496 e. The van der Waals surface area contributed by atoms with Crippen LogP contribution in [-0.4, -0.2) is 16.5 Å². The Morgan fingerprint density at radius 2 is 1.81 bits per heavy atom. The minimum Gasteiger partial charge on any atom is -0.496 e. The summed E-state index contributed by atoms with van der Waals surface area (Å²) < 4.78 is 20.8. The normalized spacial score (nSPS) is 11.0. The lowest BCUT2D eigenvalue weighted by Gasteiger charge is -2.10. The summed E-state index contributed by atoms with van der Waals surface area (Å²) in [7, 11) is 1.66. The summed E-state index contributed by atoms with van der Waals surface area (Å²) in [6.45, 7) is 0. The molecule has 0 amide bonds. The molecule has 130 valence electrons. The zero-order chi connectivity index (χ0) is 18.1. The predicted molar refractivity (Wildman–Crippen MR) is 101 cm³/mol. The number of hydrogen-bond donors (Lipinski definition) is 0. The molecule has 5 heteroatoms. The highest BCUT2D eigenvalue weighted by molar-refractivity contribution is 6.30. The first-order valence-corrected chi connectivity index (χ1v) is 8.58. The van der Waals surface area contributed by atoms with E-state index in [1.54, 1.807) is 19.2 Å². The number of nitrogens with zero attached hydrogens (tertiary/aromatic N) is 2. The standard InChI is InChI=1S/C21H16ClFN2O/c1-26-19-5-3-2-4-15(19)12-18-21(14-6-9-17(23)10-7-14)24-20-11-8-16(22)13-25(18)20/h2-11,13H,12H2,1H3. The predicted octanol–water partition coefficient (Wildman–Crippen LogP) is 5.39. The van der Waals surface area contributed by atoms with Crippen molar-refractivity contribution in [2.24, 2.45) is 0 Å². The van der Waals surface area contributed by atoms with E-state index in [2.05, 4.69) is 0 Å². The van der Waals surface area contributed by atoms with Gasteiger partial charge in [0.1, 0.15) is 17.2 Å². The Labute approximate surface area is 155 Å². The van der Waals surface area contributed by atoms with Crippen LogP contribution in [0.15, 0.2) is 66.9 Å². The second-order valence-electron chi connectivity index (χ2n) is 5.98. The SMILES string of the molecule is COc1ccccc1Cc1c(-c2ccc(F)cc2)nc2ccc(Cl)cn12. The molecule has 0 aliphatic rings. The van der Waals surface area contributed by atoms with Gasteiger partial charge in [-0.2, -0.15) is 0 Å². The van der Waals surface area contributed by atoms with Crippen LogP contribution >= 0.6 is 11.6 Å². The van der Waals surface area contributed by atoms with E-state index in [-0.39, 0.29) is 5.82 Å². The molecule has 0 spiro atoms. The first-order chi connectivity index (χ1) is 12.7. The minimum atomic E-state index is -0.271. The Kier molecular flexibility index (Phi) is 4.35. The maximum atomic E-state index is 13.3. The first kappa shape index (κ1) is 16.6. The summed E-state index contributed by atoms with van der Waals surface area (Å²) in [4.78, 5) is 4.75. The van der Waals surface area contributed by atoms with Gasteiger partial charge in [0.25, 0.3) is 0 Å². The molecule has 2 aromatic carbocycles. The molecule has 0 unspecified atom stereocenters. The fraction of sp³-hybridized carbons (Fsp3) is 0.0952. The van der Waals surface area contributed by atoms with E-state index in [1.165, 1.54) is 12.1 Å². The molecule has 3 nitrogen and oxygen atoms in total. The maximum absolute atomic E-state index is 13.3. The number of ether oxygens (including phenoxy) is 1. The van der Waals surface area contributed by atoms with Crippen molar-refractivity contribution < 1.29 is 9.13 Å². The Hall–Kier alpha value is -2.85. The molecule has 0 bridgehead atoms. The van der Waals surface area contributed by atoms with E-state index in [0.29, 0.717) is 11.4 Å². The number of rotatable bonds is 4. The zero-order valence-corrected chi connectivity index (χ0v) is 14.9. The second-order valence-corrected chi connectivity index (χ2v) is 6.41. The molecule has 0 aliphatic heterocycles. The van der Waals surface area contributed by atoms with Gasteiger partial charge < -0.3 is 9.14 Å². The molecule has 0 fully saturated rings. The number of pyridine rings is 1. The lowest BCUT2D eigenvalue weighted by molar-refractivity contribution is 0.410. The van der Waals surface area contributed by atoms with E-state index in [9.17, 15) is 4.39 Å². The average molecular weight is 367 g/mol. The van der Waals surface area contributed by atoms with Gasteiger partial charge in [-0.05, 0) is 42.5 Å². The maximum Gasteiger partial charge on any atom is 0.137 e. The third kappa shape index (κ3) is 3.04. The van der Waals surface area contributed by atoms with E-state index >= 15 is 0 Å². The van der Waals surface area contributed by atoms with Crippen molar-refractivity contribution in [3.63, 3.8) is 0 Å². The van der Waals surface area contributed by atoms with Gasteiger partial charge in [0, 0.05) is 23.7 Å². The molecule has 0 N–H and O–H groups in total. The van der Waals surface area contributed by atoms with E-state index in [0.717, 1.165) is 33.9 Å². The molecule has 26 heavy (non-hydrogen) atoms. The first-order valence-electron chi connectivity index (χ1n) is 8.20. The van der Waals surface area contributed by atoms with Gasteiger partial charge in [-0.1, -0.05) is 29.8 Å². The van der Waals surface area contributed by atoms with Crippen molar-refractivity contribution in [2.75, 3.05) is 7.11 Å². The number of benzene rings is 2. The van der Waals surface area contributed by atoms with E-state index in [1.807, 2.05) is 47.0 Å². The molecule has 0 saturated heterocycles. The van der Waals surface area contributed by atoms with Crippen molar-refractivity contribution in [2.45, 2.75) is 6.42 Å². The number of fused-ring (bicyclic) bond motifs is 1. The van der Waals surface area contributed by atoms with Gasteiger partial charge in [-0.15, -0.1) is 0 Å². The number of imidazole rings is 1. The molecular formula is C21H16ClFN2O. The molecule has 2 heterocycles. The van der Waals surface area contributed by atoms with Crippen LogP contribution in [0.5, 0.6) is 5.75 Å². The monoisotopic (exact) mass is 366 g/mol. The molecule has 4 rings (SSSR count). The van der Waals surface area contributed by atoms with E-state index < -0.39 is 0 Å². The van der Waals surface area contributed by atoms with Gasteiger partial charge >= 0.3 is 0 Å². The third-order valence-corrected chi connectivity index (χ3v) is 4.57. The summed E-state index contributed by atoms with van der Waals surface area (Å²) in [5.74, 6) is 0.543. The quantitative estimate of drug-likeness (QED) is 0.484. The molecule has 0 saturated carbocycles. The Morgan fingerprint density at radius 3 is 2.58 bits per heavy atom. The third-order valence-electron chi connectivity index (χ3n) is 4.35. The topological polar surface area (TPSA) is 26.5 Å². The lowest BCUT2D eigenvalue weighted by Crippen LogP contribution is -1.99. The smallest absolute Gasteiger partial charge is 0.137 e. The van der Waals surface area contributed by atoms with Gasteiger partial charge in [0.15, 0.2) is 0 Å². The second kappa shape index (κ2) is 6.81. The van der Waals surface area contributed by atoms with Crippen molar-refractivity contribution in [1.29, 1.82) is 0 Å². The minimum absolute atomic E-state index is 0.271. The zero-order valence-electron chi connectivity index (χ0n) is 14.1. The van der Waals surface area contributed by atoms with Crippen LogP contribution in [0, 0.1) is 5.82 Å². The van der Waals surface area contributed by atoms with Crippen molar-refractivity contribution in [3.05, 3.63) is 89.0 Å². The average Bonchev–Trinajstić information content (AvgIpc) is 3.00. The summed E-state index contributed by atoms with van der Waals surface area (Å²) in [5, 5.41) is 0.627. The Morgan fingerprint density at radius 1 is 1.04 bits per heavy atom. The molecule has 4 aromatic rings. The fourth-order valence-corrected chi connectivity index (χ4v) is 3.27. The van der Waals surface area contributed by atoms with Gasteiger partial charge in [0.2, 0.25) is 0 Å². The highest BCUT2D eigenvalue weighted by atomic mass is 35.5. The highest BCUT2D eigenvalue weighted by Crippen LogP contribution is 2.30. The van der Waals surface area contributed by atoms with Gasteiger partial charge in [-0.3, -0.25) is 0 Å². The summed E-state index contributed by atoms with van der Waals surface area (Å²) in [6.07, 6.45) is 2.46. The molecular weight excluding hydrogens is 351 g/mol. The Balaban J connectivity index is 1.91. The van der Waals surface area contributed by atoms with E-state index in [4.69, 9.17) is 21.3 Å². The number of halogens is 2. The van der Waals surface area contributed by atoms with Gasteiger partial charge in [0.05, 0.1) is 23.5 Å². The van der Waals surface area contributed by atoms with Crippen LogP contribution in [0.2, 0.25) is 5.02 Å². The molecule has 0 atom stereocenters. The molecule has 2 aromatic heterocycles. The van der Waals surface area contributed by atoms with Crippen LogP contribution in [0.3, 0.4) is 0 Å². The molecule has 0 radical (unpaired) electrons. The van der Waals surface area contributed by atoms with Crippen LogP contribution in [0.1, 0.15) is 11.3 Å². The molecule has 0 aliphatic carbocycles. The summed E-state index contributed by atoms with van der Waals surface area (Å²) in [6, 6.07) is 17.9. The number of hydrogen-bond acceptors (Lipinski definition) is 2. The summed E-state index contributed by atoms with van der Waals surface area (Å²) >= 11 is 6.21. The fourth-order valence-electron chi connectivity index (χ4n) is 3.10. The highest BCUT2D eigenvalue weighted by Gasteiger charge is 2.16. The van der Waals surface area contributed by atoms with Crippen LogP contribution in [0.25, 0.3) is 16.9 Å².